The number of aliphatic hydroxyl groups excluding tert-OH is 1. The second-order valence-corrected chi connectivity index (χ2v) is 2.92. The third-order valence-electron chi connectivity index (χ3n) is 1.66. The van der Waals surface area contributed by atoms with Crippen LogP contribution >= 0.6 is 0 Å². The van der Waals surface area contributed by atoms with Crippen LogP contribution in [0.4, 0.5) is 0 Å². The molecule has 0 aliphatic rings. The Labute approximate surface area is 104 Å². The van der Waals surface area contributed by atoms with E-state index in [4.69, 9.17) is 14.7 Å². The molecule has 1 aromatic heterocycles. The van der Waals surface area contributed by atoms with E-state index in [0.29, 0.717) is 11.3 Å². The van der Waals surface area contributed by atoms with Crippen LogP contribution in [0.5, 0.6) is 0 Å². The van der Waals surface area contributed by atoms with Crippen molar-refractivity contribution >= 4 is 12.1 Å². The summed E-state index contributed by atoms with van der Waals surface area (Å²) in [5.41, 5.74) is 1.54. The van der Waals surface area contributed by atoms with Gasteiger partial charge < -0.3 is 9.84 Å². The van der Waals surface area contributed by atoms with E-state index >= 15 is 0 Å². The van der Waals surface area contributed by atoms with E-state index in [1.807, 2.05) is 0 Å². The molecule has 6 heteroatoms. The lowest BCUT2D eigenvalue weighted by atomic mass is 10.2. The fourth-order valence-electron chi connectivity index (χ4n) is 1.09. The Morgan fingerprint density at radius 1 is 1.44 bits per heavy atom. The van der Waals surface area contributed by atoms with Gasteiger partial charge in [-0.25, -0.2) is 9.78 Å². The highest BCUT2D eigenvalue weighted by Gasteiger charge is 2.08. The molecule has 0 unspecified atom stereocenters. The summed E-state index contributed by atoms with van der Waals surface area (Å²) in [5, 5.41) is 8.54. The first-order valence-corrected chi connectivity index (χ1v) is 4.75. The van der Waals surface area contributed by atoms with Gasteiger partial charge in [0.05, 0.1) is 7.11 Å². The Bertz CT molecular complexity index is 507. The molecule has 0 aromatic carbocycles. The number of ether oxygens (including phenoxy) is 1. The lowest BCUT2D eigenvalue weighted by Gasteiger charge is -2.00. The van der Waals surface area contributed by atoms with Crippen LogP contribution in [-0.4, -0.2) is 35.9 Å². The average Bonchev–Trinajstić information content (AvgIpc) is 2.35. The van der Waals surface area contributed by atoms with Gasteiger partial charge in [0.15, 0.2) is 0 Å². The summed E-state index contributed by atoms with van der Waals surface area (Å²) in [6.45, 7) is 1.55. The molecular weight excluding hydrogens is 238 g/mol. The number of hydrogen-bond acceptors (Lipinski definition) is 6. The molecule has 1 rings (SSSR count). The maximum atomic E-state index is 11.2. The number of hydrogen-bond donors (Lipinski definition) is 1. The molecule has 0 radical (unpaired) electrons. The Morgan fingerprint density at radius 2 is 2.06 bits per heavy atom. The standard InChI is InChI=1S/C11H11NO3.CO2/c1-8-6-9(4-3-5-13)7-10(12-8)11(14)15-2;2-1-3/h6-7,13H,5H2,1-2H3;. The molecule has 0 aliphatic carbocycles. The summed E-state index contributed by atoms with van der Waals surface area (Å²) in [6, 6.07) is 3.26. The minimum atomic E-state index is -0.495. The second-order valence-electron chi connectivity index (χ2n) is 2.92. The zero-order valence-corrected chi connectivity index (χ0v) is 9.89. The SMILES string of the molecule is COC(=O)c1cc(C#CCO)cc(C)n1.O=C=O. The Kier molecular flexibility index (Phi) is 7.46. The van der Waals surface area contributed by atoms with Gasteiger partial charge in [-0.1, -0.05) is 11.8 Å². The summed E-state index contributed by atoms with van der Waals surface area (Å²) in [5.74, 6) is 4.71. The number of carbonyl (C=O) groups excluding carboxylic acids is 3. The predicted molar refractivity (Wildman–Crippen MR) is 59.3 cm³/mol. The molecule has 0 saturated carbocycles. The normalized spacial score (nSPS) is 7.94. The van der Waals surface area contributed by atoms with Crippen LogP contribution in [0, 0.1) is 18.8 Å². The van der Waals surface area contributed by atoms with Gasteiger partial charge in [-0.2, -0.15) is 9.59 Å². The van der Waals surface area contributed by atoms with Crippen LogP contribution in [0.2, 0.25) is 0 Å². The summed E-state index contributed by atoms with van der Waals surface area (Å²) in [4.78, 5) is 31.5. The third kappa shape index (κ3) is 5.56. The number of rotatable bonds is 1. The molecule has 18 heavy (non-hydrogen) atoms. The topological polar surface area (TPSA) is 93.6 Å². The molecule has 0 amide bonds. The zero-order valence-electron chi connectivity index (χ0n) is 9.89. The number of aromatic nitrogens is 1. The zero-order chi connectivity index (χ0) is 14.0. The first-order valence-electron chi connectivity index (χ1n) is 4.75. The van der Waals surface area contributed by atoms with Crippen LogP contribution in [0.3, 0.4) is 0 Å². The van der Waals surface area contributed by atoms with Crippen molar-refractivity contribution in [2.75, 3.05) is 13.7 Å². The molecular formula is C12H11NO5. The van der Waals surface area contributed by atoms with Crippen LogP contribution in [0.25, 0.3) is 0 Å². The van der Waals surface area contributed by atoms with Gasteiger partial charge >= 0.3 is 12.1 Å². The van der Waals surface area contributed by atoms with Gasteiger partial charge in [-0.05, 0) is 19.1 Å². The second kappa shape index (κ2) is 8.65. The molecule has 1 heterocycles. The van der Waals surface area contributed by atoms with Crippen molar-refractivity contribution in [2.24, 2.45) is 0 Å². The van der Waals surface area contributed by atoms with Crippen LogP contribution < -0.4 is 0 Å². The first kappa shape index (κ1) is 15.5. The molecule has 1 aromatic rings. The molecule has 0 spiro atoms. The molecule has 94 valence electrons. The highest BCUT2D eigenvalue weighted by molar-refractivity contribution is 5.87. The minimum Gasteiger partial charge on any atom is -0.464 e. The fourth-order valence-corrected chi connectivity index (χ4v) is 1.09. The highest BCUT2D eigenvalue weighted by atomic mass is 16.5. The van der Waals surface area contributed by atoms with E-state index in [1.54, 1.807) is 13.0 Å². The first-order chi connectivity index (χ1) is 8.58. The number of aryl methyl sites for hydroxylation is 1. The van der Waals surface area contributed by atoms with Gasteiger partial charge in [0, 0.05) is 11.3 Å². The predicted octanol–water partition coefficient (Wildman–Crippen LogP) is -0.0631. The number of carbonyl (C=O) groups is 1. The van der Waals surface area contributed by atoms with E-state index in [-0.39, 0.29) is 18.5 Å². The van der Waals surface area contributed by atoms with Crippen molar-refractivity contribution in [1.29, 1.82) is 0 Å². The molecule has 0 saturated heterocycles. The van der Waals surface area contributed by atoms with Crippen molar-refractivity contribution in [3.8, 4) is 11.8 Å². The van der Waals surface area contributed by atoms with Gasteiger partial charge in [-0.15, -0.1) is 0 Å². The quantitative estimate of drug-likeness (QED) is 0.553. The number of pyridine rings is 1. The van der Waals surface area contributed by atoms with Crippen LogP contribution in [0.1, 0.15) is 21.7 Å². The molecule has 1 N–H and O–H groups in total. The number of esters is 1. The maximum Gasteiger partial charge on any atom is 0.373 e. The van der Waals surface area contributed by atoms with Crippen LogP contribution in [-0.2, 0) is 14.3 Å². The van der Waals surface area contributed by atoms with Gasteiger partial charge in [-0.3, -0.25) is 0 Å². The van der Waals surface area contributed by atoms with E-state index in [2.05, 4.69) is 21.6 Å². The van der Waals surface area contributed by atoms with Gasteiger partial charge in [0.25, 0.3) is 0 Å². The molecule has 0 atom stereocenters. The van der Waals surface area contributed by atoms with Crippen LogP contribution in [0.15, 0.2) is 12.1 Å². The van der Waals surface area contributed by atoms with Gasteiger partial charge in [0.2, 0.25) is 0 Å². The Balaban J connectivity index is 0.000000873. The molecule has 0 aliphatic heterocycles. The number of aliphatic hydroxyl groups is 1. The lowest BCUT2D eigenvalue weighted by molar-refractivity contribution is -0.191. The summed E-state index contributed by atoms with van der Waals surface area (Å²) >= 11 is 0. The van der Waals surface area contributed by atoms with Crippen molar-refractivity contribution in [2.45, 2.75) is 6.92 Å². The maximum absolute atomic E-state index is 11.2. The monoisotopic (exact) mass is 249 g/mol. The Hall–Kier alpha value is -2.48. The minimum absolute atomic E-state index is 0.213. The summed E-state index contributed by atoms with van der Waals surface area (Å²) in [6.07, 6.45) is 0.250. The van der Waals surface area contributed by atoms with Crippen molar-refractivity contribution in [1.82, 2.24) is 4.98 Å². The number of methoxy groups -OCH3 is 1. The van der Waals surface area contributed by atoms with Crippen molar-refractivity contribution < 1.29 is 24.2 Å². The summed E-state index contributed by atoms with van der Waals surface area (Å²) in [7, 11) is 1.30. The molecule has 6 nitrogen and oxygen atoms in total. The number of nitrogens with zero attached hydrogens (tertiary/aromatic N) is 1. The van der Waals surface area contributed by atoms with E-state index < -0.39 is 5.97 Å². The van der Waals surface area contributed by atoms with Crippen molar-refractivity contribution in [3.63, 3.8) is 0 Å². The average molecular weight is 249 g/mol. The van der Waals surface area contributed by atoms with E-state index in [1.165, 1.54) is 13.2 Å². The highest BCUT2D eigenvalue weighted by Crippen LogP contribution is 2.05. The third-order valence-corrected chi connectivity index (χ3v) is 1.66. The van der Waals surface area contributed by atoms with Crippen molar-refractivity contribution in [3.05, 3.63) is 29.1 Å². The largest absolute Gasteiger partial charge is 0.464 e. The summed E-state index contributed by atoms with van der Waals surface area (Å²) < 4.78 is 4.55. The van der Waals surface area contributed by atoms with Gasteiger partial charge in [0.1, 0.15) is 12.3 Å². The molecule has 0 fully saturated rings. The fraction of sp³-hybridized carbons (Fsp3) is 0.250. The smallest absolute Gasteiger partial charge is 0.373 e. The molecule has 0 bridgehead atoms. The lowest BCUT2D eigenvalue weighted by Crippen LogP contribution is -2.05. The van der Waals surface area contributed by atoms with E-state index in [0.717, 1.165) is 0 Å². The Morgan fingerprint density at radius 3 is 2.56 bits per heavy atom. The van der Waals surface area contributed by atoms with E-state index in [9.17, 15) is 4.79 Å².